The van der Waals surface area contributed by atoms with Crippen molar-refractivity contribution in [1.29, 1.82) is 0 Å². The fourth-order valence-corrected chi connectivity index (χ4v) is 1.75. The van der Waals surface area contributed by atoms with Crippen molar-refractivity contribution >= 4 is 17.4 Å². The van der Waals surface area contributed by atoms with Gasteiger partial charge in [-0.2, -0.15) is 13.2 Å². The number of alkyl halides is 3. The summed E-state index contributed by atoms with van der Waals surface area (Å²) >= 11 is 5.74. The van der Waals surface area contributed by atoms with Crippen LogP contribution < -0.4 is 5.32 Å². The van der Waals surface area contributed by atoms with E-state index in [-0.39, 0.29) is 17.4 Å². The van der Waals surface area contributed by atoms with Crippen LogP contribution in [0.5, 0.6) is 0 Å². The number of rotatable bonds is 7. The Bertz CT molecular complexity index is 399. The van der Waals surface area contributed by atoms with E-state index in [1.807, 2.05) is 0 Å². The third-order valence-corrected chi connectivity index (χ3v) is 2.83. The summed E-state index contributed by atoms with van der Waals surface area (Å²) in [6.07, 6.45) is -0.198. The van der Waals surface area contributed by atoms with Crippen molar-refractivity contribution in [1.82, 2.24) is 4.98 Å². The van der Waals surface area contributed by atoms with Crippen molar-refractivity contribution in [3.63, 3.8) is 0 Å². The van der Waals surface area contributed by atoms with E-state index in [1.165, 1.54) is 0 Å². The third kappa shape index (κ3) is 5.65. The number of aromatic nitrogens is 1. The van der Waals surface area contributed by atoms with E-state index in [2.05, 4.69) is 10.3 Å². The van der Waals surface area contributed by atoms with Crippen molar-refractivity contribution in [3.05, 3.63) is 22.8 Å². The monoisotopic (exact) mass is 296 g/mol. The molecule has 0 fully saturated rings. The number of anilines is 1. The molecule has 0 amide bonds. The molecule has 0 aliphatic heterocycles. The number of halogens is 4. The average Bonchev–Trinajstić information content (AvgIpc) is 2.34. The Morgan fingerprint density at radius 1 is 1.21 bits per heavy atom. The summed E-state index contributed by atoms with van der Waals surface area (Å²) in [5.41, 5.74) is -0.856. The molecule has 0 bridgehead atoms. The summed E-state index contributed by atoms with van der Waals surface area (Å²) in [4.78, 5) is 3.68. The maximum absolute atomic E-state index is 12.4. The first-order valence-corrected chi connectivity index (χ1v) is 6.40. The molecule has 0 aromatic carbocycles. The summed E-state index contributed by atoms with van der Waals surface area (Å²) in [6, 6.07) is 0.864. The molecule has 0 atom stereocenters. The van der Waals surface area contributed by atoms with Gasteiger partial charge in [0.25, 0.3) is 0 Å². The number of aliphatic hydroxyl groups is 1. The Morgan fingerprint density at radius 3 is 2.47 bits per heavy atom. The maximum atomic E-state index is 12.4. The molecule has 1 rings (SSSR count). The highest BCUT2D eigenvalue weighted by atomic mass is 35.5. The van der Waals surface area contributed by atoms with Crippen LogP contribution in [-0.2, 0) is 6.18 Å². The van der Waals surface area contributed by atoms with Crippen LogP contribution in [0.4, 0.5) is 19.0 Å². The second-order valence-corrected chi connectivity index (χ2v) is 4.52. The highest BCUT2D eigenvalue weighted by Gasteiger charge is 2.31. The molecule has 0 saturated carbocycles. The van der Waals surface area contributed by atoms with Gasteiger partial charge in [-0.3, -0.25) is 0 Å². The Labute approximate surface area is 114 Å². The molecule has 19 heavy (non-hydrogen) atoms. The lowest BCUT2D eigenvalue weighted by molar-refractivity contribution is -0.137. The van der Waals surface area contributed by atoms with Crippen molar-refractivity contribution < 1.29 is 18.3 Å². The molecule has 0 spiro atoms. The normalized spacial score (nSPS) is 11.6. The largest absolute Gasteiger partial charge is 0.417 e. The van der Waals surface area contributed by atoms with E-state index >= 15 is 0 Å². The minimum Gasteiger partial charge on any atom is -0.396 e. The van der Waals surface area contributed by atoms with Gasteiger partial charge in [-0.1, -0.05) is 24.4 Å². The zero-order valence-corrected chi connectivity index (χ0v) is 11.1. The molecule has 0 unspecified atom stereocenters. The minimum atomic E-state index is -4.43. The lowest BCUT2D eigenvalue weighted by Crippen LogP contribution is -2.08. The number of aliphatic hydroxyl groups excluding tert-OH is 1. The number of unbranched alkanes of at least 4 members (excludes halogenated alkanes) is 3. The Balaban J connectivity index is 2.43. The van der Waals surface area contributed by atoms with Crippen molar-refractivity contribution in [3.8, 4) is 0 Å². The summed E-state index contributed by atoms with van der Waals surface area (Å²) in [7, 11) is 0. The molecule has 3 nitrogen and oxygen atoms in total. The molecule has 0 radical (unpaired) electrons. The van der Waals surface area contributed by atoms with E-state index in [9.17, 15) is 13.2 Å². The second-order valence-electron chi connectivity index (χ2n) is 4.12. The van der Waals surface area contributed by atoms with Crippen LogP contribution in [-0.4, -0.2) is 23.2 Å². The van der Waals surface area contributed by atoms with Gasteiger partial charge in [-0.25, -0.2) is 4.98 Å². The van der Waals surface area contributed by atoms with Crippen LogP contribution in [0.2, 0.25) is 5.02 Å². The van der Waals surface area contributed by atoms with Crippen LogP contribution in [0.1, 0.15) is 31.2 Å². The second kappa shape index (κ2) is 7.55. The maximum Gasteiger partial charge on any atom is 0.417 e. The predicted molar refractivity (Wildman–Crippen MR) is 68.3 cm³/mol. The number of nitrogens with zero attached hydrogens (tertiary/aromatic N) is 1. The Kier molecular flexibility index (Phi) is 6.37. The molecular formula is C12H16ClF3N2O. The zero-order chi connectivity index (χ0) is 14.3. The van der Waals surface area contributed by atoms with Gasteiger partial charge < -0.3 is 10.4 Å². The molecular weight excluding hydrogens is 281 g/mol. The zero-order valence-electron chi connectivity index (χ0n) is 10.3. The molecule has 1 aromatic rings. The van der Waals surface area contributed by atoms with Crippen LogP contribution in [0.3, 0.4) is 0 Å². The van der Waals surface area contributed by atoms with Crippen LogP contribution in [0.25, 0.3) is 0 Å². The van der Waals surface area contributed by atoms with Crippen molar-refractivity contribution in [2.24, 2.45) is 0 Å². The molecule has 1 heterocycles. The predicted octanol–water partition coefficient (Wildman–Crippen LogP) is 3.72. The van der Waals surface area contributed by atoms with Crippen molar-refractivity contribution in [2.45, 2.75) is 31.9 Å². The first-order valence-electron chi connectivity index (χ1n) is 6.02. The average molecular weight is 297 g/mol. The first-order chi connectivity index (χ1) is 8.95. The molecule has 108 valence electrons. The molecule has 0 aliphatic rings. The van der Waals surface area contributed by atoms with Gasteiger partial charge >= 0.3 is 6.18 Å². The lowest BCUT2D eigenvalue weighted by Gasteiger charge is -2.10. The molecule has 0 aliphatic carbocycles. The number of nitrogens with one attached hydrogen (secondary N) is 1. The van der Waals surface area contributed by atoms with Gasteiger partial charge in [-0.05, 0) is 18.9 Å². The van der Waals surface area contributed by atoms with Crippen molar-refractivity contribution in [2.75, 3.05) is 18.5 Å². The SMILES string of the molecule is OCCCCCCNc1ncc(C(F)(F)F)cc1Cl. The number of hydrogen-bond donors (Lipinski definition) is 2. The number of hydrogen-bond acceptors (Lipinski definition) is 3. The lowest BCUT2D eigenvalue weighted by atomic mass is 10.2. The minimum absolute atomic E-state index is 0.0369. The van der Waals surface area contributed by atoms with E-state index in [0.717, 1.165) is 37.9 Å². The summed E-state index contributed by atoms with van der Waals surface area (Å²) in [6.45, 7) is 0.767. The highest BCUT2D eigenvalue weighted by molar-refractivity contribution is 6.32. The van der Waals surface area contributed by atoms with Gasteiger partial charge in [-0.15, -0.1) is 0 Å². The molecule has 7 heteroatoms. The highest BCUT2D eigenvalue weighted by Crippen LogP contribution is 2.32. The van der Waals surface area contributed by atoms with Gasteiger partial charge in [0.1, 0.15) is 5.82 Å². The van der Waals surface area contributed by atoms with Gasteiger partial charge in [0.15, 0.2) is 0 Å². The van der Waals surface area contributed by atoms with Crippen LogP contribution >= 0.6 is 11.6 Å². The first kappa shape index (κ1) is 16.0. The van der Waals surface area contributed by atoms with E-state index in [1.54, 1.807) is 0 Å². The summed E-state index contributed by atoms with van der Waals surface area (Å²) in [5, 5.41) is 11.5. The third-order valence-electron chi connectivity index (χ3n) is 2.55. The molecule has 1 aromatic heterocycles. The Hall–Kier alpha value is -1.01. The van der Waals surface area contributed by atoms with Crippen LogP contribution in [0.15, 0.2) is 12.3 Å². The number of pyridine rings is 1. The topological polar surface area (TPSA) is 45.1 Å². The van der Waals surface area contributed by atoms with Gasteiger partial charge in [0, 0.05) is 19.3 Å². The fourth-order valence-electron chi connectivity index (χ4n) is 1.52. The standard InChI is InChI=1S/C12H16ClF3N2O/c13-10-7-9(12(14,15)16)8-18-11(10)17-5-3-1-2-4-6-19/h7-8,19H,1-6H2,(H,17,18). The summed E-state index contributed by atoms with van der Waals surface area (Å²) < 4.78 is 37.2. The van der Waals surface area contributed by atoms with E-state index in [0.29, 0.717) is 6.54 Å². The molecule has 2 N–H and O–H groups in total. The molecule has 0 saturated heterocycles. The fraction of sp³-hybridized carbons (Fsp3) is 0.583. The van der Waals surface area contributed by atoms with Crippen LogP contribution in [0, 0.1) is 0 Å². The van der Waals surface area contributed by atoms with Gasteiger partial charge in [0.05, 0.1) is 10.6 Å². The van der Waals surface area contributed by atoms with E-state index in [4.69, 9.17) is 16.7 Å². The summed E-state index contributed by atoms with van der Waals surface area (Å²) in [5.74, 6) is 0.261. The quantitative estimate of drug-likeness (QED) is 0.754. The smallest absolute Gasteiger partial charge is 0.396 e. The van der Waals surface area contributed by atoms with E-state index < -0.39 is 11.7 Å². The van der Waals surface area contributed by atoms with Gasteiger partial charge in [0.2, 0.25) is 0 Å². The Morgan fingerprint density at radius 2 is 1.89 bits per heavy atom.